The van der Waals surface area contributed by atoms with Crippen LogP contribution in [-0.2, 0) is 10.0 Å². The maximum absolute atomic E-state index is 12.7. The van der Waals surface area contributed by atoms with Crippen molar-refractivity contribution >= 4 is 15.9 Å². The normalized spacial score (nSPS) is 16.6. The number of nitrogens with zero attached hydrogens (tertiary/aromatic N) is 1. The van der Waals surface area contributed by atoms with Gasteiger partial charge in [0.25, 0.3) is 5.91 Å². The molecule has 1 heterocycles. The maximum Gasteiger partial charge on any atom is 0.251 e. The molecule has 5 nitrogen and oxygen atoms in total. The Morgan fingerprint density at radius 3 is 2.38 bits per heavy atom. The molecule has 2 rings (SSSR count). The number of sulfonamides is 1. The lowest BCUT2D eigenvalue weighted by Crippen LogP contribution is -2.40. The van der Waals surface area contributed by atoms with E-state index < -0.39 is 21.7 Å². The molecular formula is C14H19FN2O3S. The number of amides is 1. The fraction of sp³-hybridized carbons (Fsp3) is 0.500. The monoisotopic (exact) mass is 314 g/mol. The number of nitrogens with one attached hydrogen (secondary N) is 1. The molecule has 21 heavy (non-hydrogen) atoms. The Kier molecular flexibility index (Phi) is 5.30. The summed E-state index contributed by atoms with van der Waals surface area (Å²) in [7, 11) is -3.31. The number of carbonyl (C=O) groups is 1. The summed E-state index contributed by atoms with van der Waals surface area (Å²) < 4.78 is 38.4. The predicted octanol–water partition coefficient (Wildman–Crippen LogP) is 1.37. The SMILES string of the molecule is O=C(NCCS(=O)(=O)N1CCCCC1)c1ccc(F)cc1. The van der Waals surface area contributed by atoms with E-state index in [4.69, 9.17) is 0 Å². The molecule has 1 N–H and O–H groups in total. The van der Waals surface area contributed by atoms with Gasteiger partial charge in [0, 0.05) is 25.2 Å². The third-order valence-electron chi connectivity index (χ3n) is 3.46. The van der Waals surface area contributed by atoms with Gasteiger partial charge in [-0.15, -0.1) is 0 Å². The highest BCUT2D eigenvalue weighted by Crippen LogP contribution is 2.13. The van der Waals surface area contributed by atoms with Crippen molar-refractivity contribution in [3.63, 3.8) is 0 Å². The Morgan fingerprint density at radius 1 is 1.14 bits per heavy atom. The molecule has 0 unspecified atom stereocenters. The van der Waals surface area contributed by atoms with Crippen LogP contribution in [0.15, 0.2) is 24.3 Å². The number of carbonyl (C=O) groups excluding carboxylic acids is 1. The Labute approximate surface area is 124 Å². The quantitative estimate of drug-likeness (QED) is 0.892. The number of hydrogen-bond acceptors (Lipinski definition) is 3. The standard InChI is InChI=1S/C14H19FN2O3S/c15-13-6-4-12(5-7-13)14(18)16-8-11-21(19,20)17-9-2-1-3-10-17/h4-7H,1-3,8-11H2,(H,16,18). The lowest BCUT2D eigenvalue weighted by Gasteiger charge is -2.25. The van der Waals surface area contributed by atoms with E-state index in [2.05, 4.69) is 5.32 Å². The first-order valence-corrected chi connectivity index (χ1v) is 8.61. The van der Waals surface area contributed by atoms with E-state index in [0.29, 0.717) is 18.7 Å². The number of hydrogen-bond donors (Lipinski definition) is 1. The molecule has 0 atom stereocenters. The molecule has 1 amide bonds. The number of rotatable bonds is 5. The highest BCUT2D eigenvalue weighted by Gasteiger charge is 2.23. The minimum atomic E-state index is -3.31. The van der Waals surface area contributed by atoms with Gasteiger partial charge in [0.2, 0.25) is 10.0 Å². The molecule has 1 aromatic carbocycles. The minimum Gasteiger partial charge on any atom is -0.351 e. The van der Waals surface area contributed by atoms with Gasteiger partial charge in [-0.3, -0.25) is 4.79 Å². The van der Waals surface area contributed by atoms with E-state index in [1.54, 1.807) is 0 Å². The molecule has 1 fully saturated rings. The van der Waals surface area contributed by atoms with Crippen LogP contribution < -0.4 is 5.32 Å². The number of benzene rings is 1. The van der Waals surface area contributed by atoms with Crippen LogP contribution >= 0.6 is 0 Å². The van der Waals surface area contributed by atoms with Crippen LogP contribution in [0.1, 0.15) is 29.6 Å². The first kappa shape index (κ1) is 15.9. The van der Waals surface area contributed by atoms with E-state index in [-0.39, 0.29) is 12.3 Å². The van der Waals surface area contributed by atoms with Gasteiger partial charge < -0.3 is 5.32 Å². The van der Waals surface area contributed by atoms with Crippen molar-refractivity contribution in [1.82, 2.24) is 9.62 Å². The molecule has 0 aromatic heterocycles. The molecule has 0 spiro atoms. The topological polar surface area (TPSA) is 66.5 Å². The fourth-order valence-electron chi connectivity index (χ4n) is 2.27. The summed E-state index contributed by atoms with van der Waals surface area (Å²) in [6.07, 6.45) is 2.84. The predicted molar refractivity (Wildman–Crippen MR) is 77.9 cm³/mol. The molecule has 0 aliphatic carbocycles. The Bertz CT molecular complexity index is 581. The van der Waals surface area contributed by atoms with Crippen LogP contribution in [0.25, 0.3) is 0 Å². The van der Waals surface area contributed by atoms with E-state index in [0.717, 1.165) is 19.3 Å². The Hall–Kier alpha value is -1.47. The van der Waals surface area contributed by atoms with E-state index >= 15 is 0 Å². The van der Waals surface area contributed by atoms with Crippen LogP contribution in [0, 0.1) is 5.82 Å². The zero-order chi connectivity index (χ0) is 15.3. The molecular weight excluding hydrogens is 295 g/mol. The van der Waals surface area contributed by atoms with E-state index in [1.807, 2.05) is 0 Å². The maximum atomic E-state index is 12.7. The zero-order valence-corrected chi connectivity index (χ0v) is 12.5. The van der Waals surface area contributed by atoms with Crippen molar-refractivity contribution in [1.29, 1.82) is 0 Å². The average Bonchev–Trinajstić information content (AvgIpc) is 2.48. The van der Waals surface area contributed by atoms with Crippen molar-refractivity contribution in [3.05, 3.63) is 35.6 Å². The van der Waals surface area contributed by atoms with Crippen molar-refractivity contribution in [2.24, 2.45) is 0 Å². The van der Waals surface area contributed by atoms with Crippen LogP contribution in [0.3, 0.4) is 0 Å². The summed E-state index contributed by atoms with van der Waals surface area (Å²) >= 11 is 0. The second-order valence-electron chi connectivity index (χ2n) is 5.04. The highest BCUT2D eigenvalue weighted by molar-refractivity contribution is 7.89. The molecule has 0 bridgehead atoms. The van der Waals surface area contributed by atoms with Gasteiger partial charge in [-0.25, -0.2) is 17.1 Å². The summed E-state index contributed by atoms with van der Waals surface area (Å²) in [6.45, 7) is 1.18. The van der Waals surface area contributed by atoms with Crippen molar-refractivity contribution < 1.29 is 17.6 Å². The summed E-state index contributed by atoms with van der Waals surface area (Å²) in [5, 5.41) is 2.55. The van der Waals surface area contributed by atoms with Gasteiger partial charge in [-0.1, -0.05) is 6.42 Å². The molecule has 0 saturated carbocycles. The second-order valence-corrected chi connectivity index (χ2v) is 7.13. The third-order valence-corrected chi connectivity index (χ3v) is 5.33. The molecule has 7 heteroatoms. The van der Waals surface area contributed by atoms with Crippen molar-refractivity contribution in [3.8, 4) is 0 Å². The Balaban J connectivity index is 1.83. The van der Waals surface area contributed by atoms with Gasteiger partial charge in [-0.05, 0) is 37.1 Å². The molecule has 116 valence electrons. The zero-order valence-electron chi connectivity index (χ0n) is 11.7. The molecule has 1 saturated heterocycles. The minimum absolute atomic E-state index is 0.0506. The van der Waals surface area contributed by atoms with E-state index in [1.165, 1.54) is 28.6 Å². The van der Waals surface area contributed by atoms with Crippen molar-refractivity contribution in [2.45, 2.75) is 19.3 Å². The summed E-state index contributed by atoms with van der Waals surface area (Å²) in [6, 6.07) is 5.12. The molecule has 1 aliphatic rings. The van der Waals surface area contributed by atoms with Gasteiger partial charge in [0.05, 0.1) is 5.75 Å². The molecule has 1 aromatic rings. The van der Waals surface area contributed by atoms with Crippen LogP contribution in [0.5, 0.6) is 0 Å². The first-order valence-electron chi connectivity index (χ1n) is 7.01. The number of piperidine rings is 1. The smallest absolute Gasteiger partial charge is 0.251 e. The Morgan fingerprint density at radius 2 is 1.76 bits per heavy atom. The lowest BCUT2D eigenvalue weighted by atomic mass is 10.2. The average molecular weight is 314 g/mol. The van der Waals surface area contributed by atoms with Gasteiger partial charge in [0.15, 0.2) is 0 Å². The van der Waals surface area contributed by atoms with Crippen LogP contribution in [0.2, 0.25) is 0 Å². The lowest BCUT2D eigenvalue weighted by molar-refractivity contribution is 0.0956. The van der Waals surface area contributed by atoms with Crippen LogP contribution in [-0.4, -0.2) is 44.0 Å². The number of halogens is 1. The molecule has 0 radical (unpaired) electrons. The van der Waals surface area contributed by atoms with E-state index in [9.17, 15) is 17.6 Å². The van der Waals surface area contributed by atoms with Gasteiger partial charge in [0.1, 0.15) is 5.82 Å². The largest absolute Gasteiger partial charge is 0.351 e. The van der Waals surface area contributed by atoms with Crippen molar-refractivity contribution in [2.75, 3.05) is 25.4 Å². The second kappa shape index (κ2) is 7.00. The van der Waals surface area contributed by atoms with Gasteiger partial charge >= 0.3 is 0 Å². The third kappa shape index (κ3) is 4.50. The summed E-state index contributed by atoms with van der Waals surface area (Å²) in [5.41, 5.74) is 0.312. The van der Waals surface area contributed by atoms with Crippen LogP contribution in [0.4, 0.5) is 4.39 Å². The summed E-state index contributed by atoms with van der Waals surface area (Å²) in [5.74, 6) is -0.928. The summed E-state index contributed by atoms with van der Waals surface area (Å²) in [4.78, 5) is 11.8. The first-order chi connectivity index (χ1) is 9.99. The fourth-order valence-corrected chi connectivity index (χ4v) is 3.70. The molecule has 1 aliphatic heterocycles. The van der Waals surface area contributed by atoms with Gasteiger partial charge in [-0.2, -0.15) is 0 Å². The highest BCUT2D eigenvalue weighted by atomic mass is 32.2.